The largest absolute Gasteiger partial charge is 0.373 e. The molecule has 1 aromatic rings. The standard InChI is InChI=1S/C11H21N2O2/c1-8(14-5)11-7-13(10(3)15-6)9(2)12(11)4/h7-8,10H,1-6H3/q+1. The minimum atomic E-state index is 0.0500. The van der Waals surface area contributed by atoms with Gasteiger partial charge in [0.25, 0.3) is 5.82 Å². The molecule has 1 aromatic heterocycles. The fourth-order valence-electron chi connectivity index (χ4n) is 1.66. The van der Waals surface area contributed by atoms with Crippen molar-refractivity contribution in [2.45, 2.75) is 33.1 Å². The van der Waals surface area contributed by atoms with Gasteiger partial charge in [0.2, 0.25) is 0 Å². The number of imidazole rings is 1. The van der Waals surface area contributed by atoms with Crippen molar-refractivity contribution < 1.29 is 14.0 Å². The van der Waals surface area contributed by atoms with Gasteiger partial charge >= 0.3 is 0 Å². The number of aromatic nitrogens is 2. The van der Waals surface area contributed by atoms with E-state index in [-0.39, 0.29) is 12.3 Å². The Bertz CT molecular complexity index is 303. The monoisotopic (exact) mass is 213 g/mol. The second-order valence-corrected chi connectivity index (χ2v) is 3.78. The first-order valence-corrected chi connectivity index (χ1v) is 5.15. The van der Waals surface area contributed by atoms with Gasteiger partial charge < -0.3 is 9.47 Å². The average molecular weight is 213 g/mol. The van der Waals surface area contributed by atoms with Gasteiger partial charge in [0.1, 0.15) is 12.3 Å². The molecule has 4 heteroatoms. The maximum Gasteiger partial charge on any atom is 0.255 e. The van der Waals surface area contributed by atoms with E-state index in [0.29, 0.717) is 0 Å². The van der Waals surface area contributed by atoms with Crippen LogP contribution in [-0.2, 0) is 16.5 Å². The summed E-state index contributed by atoms with van der Waals surface area (Å²) in [7, 11) is 5.47. The molecule has 0 amide bonds. The maximum atomic E-state index is 5.32. The molecule has 15 heavy (non-hydrogen) atoms. The second kappa shape index (κ2) is 4.77. The van der Waals surface area contributed by atoms with Gasteiger partial charge in [-0.05, 0) is 6.92 Å². The Labute approximate surface area is 91.4 Å². The Morgan fingerprint density at radius 2 is 1.87 bits per heavy atom. The Morgan fingerprint density at radius 1 is 1.27 bits per heavy atom. The Kier molecular flexibility index (Phi) is 3.88. The van der Waals surface area contributed by atoms with Crippen LogP contribution in [0.3, 0.4) is 0 Å². The number of nitrogens with zero attached hydrogens (tertiary/aromatic N) is 2. The number of rotatable bonds is 4. The van der Waals surface area contributed by atoms with Gasteiger partial charge in [0.15, 0.2) is 11.9 Å². The van der Waals surface area contributed by atoms with Crippen LogP contribution in [0.15, 0.2) is 6.20 Å². The van der Waals surface area contributed by atoms with E-state index >= 15 is 0 Å². The number of hydrogen-bond acceptors (Lipinski definition) is 2. The molecular weight excluding hydrogens is 192 g/mol. The third-order valence-electron chi connectivity index (χ3n) is 3.02. The molecule has 0 saturated heterocycles. The lowest BCUT2D eigenvalue weighted by Crippen LogP contribution is -2.40. The molecule has 0 aliphatic carbocycles. The molecule has 0 aliphatic rings. The smallest absolute Gasteiger partial charge is 0.255 e. The summed E-state index contributed by atoms with van der Waals surface area (Å²) in [5.74, 6) is 1.16. The lowest BCUT2D eigenvalue weighted by molar-refractivity contribution is -0.761. The van der Waals surface area contributed by atoms with Crippen molar-refractivity contribution in [3.63, 3.8) is 0 Å². The van der Waals surface area contributed by atoms with E-state index in [4.69, 9.17) is 9.47 Å². The van der Waals surface area contributed by atoms with Gasteiger partial charge in [-0.2, -0.15) is 0 Å². The molecule has 0 spiro atoms. The van der Waals surface area contributed by atoms with Crippen LogP contribution in [0.1, 0.15) is 37.7 Å². The van der Waals surface area contributed by atoms with Crippen LogP contribution in [0.4, 0.5) is 0 Å². The molecule has 2 unspecified atom stereocenters. The predicted octanol–water partition coefficient (Wildman–Crippen LogP) is 1.49. The zero-order chi connectivity index (χ0) is 11.6. The SMILES string of the molecule is COC(C)c1c[n+](C(C)OC)c(C)n1C. The fourth-order valence-corrected chi connectivity index (χ4v) is 1.66. The summed E-state index contributed by atoms with van der Waals surface area (Å²) in [4.78, 5) is 0. The Morgan fingerprint density at radius 3 is 2.33 bits per heavy atom. The van der Waals surface area contributed by atoms with Crippen molar-refractivity contribution in [1.82, 2.24) is 4.57 Å². The van der Waals surface area contributed by atoms with E-state index in [1.165, 1.54) is 0 Å². The highest BCUT2D eigenvalue weighted by Crippen LogP contribution is 2.16. The molecule has 86 valence electrons. The highest BCUT2D eigenvalue weighted by atomic mass is 16.5. The summed E-state index contributed by atoms with van der Waals surface area (Å²) in [5, 5.41) is 0. The molecule has 1 rings (SSSR count). The summed E-state index contributed by atoms with van der Waals surface area (Å²) in [6, 6.07) is 0. The van der Waals surface area contributed by atoms with Crippen molar-refractivity contribution in [2.75, 3.05) is 14.2 Å². The second-order valence-electron chi connectivity index (χ2n) is 3.78. The number of hydrogen-bond donors (Lipinski definition) is 0. The molecule has 0 saturated carbocycles. The molecule has 0 aromatic carbocycles. The van der Waals surface area contributed by atoms with Gasteiger partial charge in [-0.25, -0.2) is 9.13 Å². The molecule has 1 heterocycles. The van der Waals surface area contributed by atoms with Crippen LogP contribution < -0.4 is 4.57 Å². The first kappa shape index (κ1) is 12.2. The highest BCUT2D eigenvalue weighted by Gasteiger charge is 2.24. The van der Waals surface area contributed by atoms with E-state index in [1.807, 2.05) is 20.9 Å². The predicted molar refractivity (Wildman–Crippen MR) is 57.5 cm³/mol. The van der Waals surface area contributed by atoms with Gasteiger partial charge in [-0.3, -0.25) is 0 Å². The van der Waals surface area contributed by atoms with Crippen LogP contribution in [0, 0.1) is 6.92 Å². The van der Waals surface area contributed by atoms with E-state index < -0.39 is 0 Å². The average Bonchev–Trinajstić information content (AvgIpc) is 2.54. The van der Waals surface area contributed by atoms with Crippen molar-refractivity contribution in [2.24, 2.45) is 7.05 Å². The van der Waals surface area contributed by atoms with Gasteiger partial charge in [0.05, 0.1) is 7.05 Å². The van der Waals surface area contributed by atoms with Crippen LogP contribution in [0.5, 0.6) is 0 Å². The van der Waals surface area contributed by atoms with Crippen molar-refractivity contribution in [3.8, 4) is 0 Å². The van der Waals surface area contributed by atoms with Crippen LogP contribution in [0.25, 0.3) is 0 Å². The van der Waals surface area contributed by atoms with Gasteiger partial charge in [-0.1, -0.05) is 0 Å². The van der Waals surface area contributed by atoms with E-state index in [9.17, 15) is 0 Å². The number of ether oxygens (including phenoxy) is 2. The zero-order valence-corrected chi connectivity index (χ0v) is 10.4. The van der Waals surface area contributed by atoms with Gasteiger partial charge in [0, 0.05) is 28.1 Å². The lowest BCUT2D eigenvalue weighted by Gasteiger charge is -2.05. The quantitative estimate of drug-likeness (QED) is 0.709. The molecule has 0 fully saturated rings. The van der Waals surface area contributed by atoms with Crippen molar-refractivity contribution in [1.29, 1.82) is 0 Å². The molecule has 2 atom stereocenters. The Balaban J connectivity index is 3.12. The summed E-state index contributed by atoms with van der Waals surface area (Å²) in [6.07, 6.45) is 2.23. The topological polar surface area (TPSA) is 27.3 Å². The minimum absolute atomic E-state index is 0.0500. The van der Waals surface area contributed by atoms with E-state index in [2.05, 4.69) is 22.3 Å². The van der Waals surface area contributed by atoms with Crippen LogP contribution in [0.2, 0.25) is 0 Å². The molecule has 0 bridgehead atoms. The van der Waals surface area contributed by atoms with Crippen LogP contribution in [-0.4, -0.2) is 18.8 Å². The lowest BCUT2D eigenvalue weighted by atomic mass is 10.3. The first-order chi connectivity index (χ1) is 7.02. The van der Waals surface area contributed by atoms with Crippen molar-refractivity contribution in [3.05, 3.63) is 17.7 Å². The first-order valence-electron chi connectivity index (χ1n) is 5.15. The van der Waals surface area contributed by atoms with E-state index in [0.717, 1.165) is 11.5 Å². The van der Waals surface area contributed by atoms with Crippen LogP contribution >= 0.6 is 0 Å². The van der Waals surface area contributed by atoms with E-state index in [1.54, 1.807) is 14.2 Å². The molecule has 0 N–H and O–H groups in total. The molecular formula is C11H21N2O2+. The fraction of sp³-hybridized carbons (Fsp3) is 0.727. The molecule has 0 radical (unpaired) electrons. The zero-order valence-electron chi connectivity index (χ0n) is 10.4. The summed E-state index contributed by atoms with van der Waals surface area (Å²) >= 11 is 0. The third kappa shape index (κ3) is 2.21. The maximum absolute atomic E-state index is 5.32. The molecule has 0 aliphatic heterocycles. The number of methoxy groups -OCH3 is 2. The van der Waals surface area contributed by atoms with Gasteiger partial charge in [-0.15, -0.1) is 0 Å². The third-order valence-corrected chi connectivity index (χ3v) is 3.02. The minimum Gasteiger partial charge on any atom is -0.373 e. The molecule has 4 nitrogen and oxygen atoms in total. The Hall–Kier alpha value is -0.870. The summed E-state index contributed by atoms with van der Waals surface area (Å²) in [6.45, 7) is 6.13. The van der Waals surface area contributed by atoms with Crippen molar-refractivity contribution >= 4 is 0 Å². The normalized spacial score (nSPS) is 15.3. The highest BCUT2D eigenvalue weighted by molar-refractivity contribution is 5.01. The summed E-state index contributed by atoms with van der Waals surface area (Å²) < 4.78 is 14.9. The summed E-state index contributed by atoms with van der Waals surface area (Å²) in [5.41, 5.74) is 1.15.